The van der Waals surface area contributed by atoms with Gasteiger partial charge >= 0.3 is 11.8 Å². The van der Waals surface area contributed by atoms with Crippen molar-refractivity contribution in [2.75, 3.05) is 6.61 Å². The quantitative estimate of drug-likeness (QED) is 0.512. The molecule has 1 aliphatic carbocycles. The van der Waals surface area contributed by atoms with E-state index in [1.165, 1.54) is 0 Å². The topological polar surface area (TPSA) is 20.2 Å². The molecule has 0 radical (unpaired) electrons. The summed E-state index contributed by atoms with van der Waals surface area (Å²) in [6, 6.07) is 0. The zero-order chi connectivity index (χ0) is 9.57. The maximum atomic E-state index is 12.5. The van der Waals surface area contributed by atoms with Crippen LogP contribution >= 0.6 is 0 Å². The number of aliphatic hydroxyl groups is 1. The van der Waals surface area contributed by atoms with Crippen molar-refractivity contribution in [3.05, 3.63) is 12.2 Å². The van der Waals surface area contributed by atoms with Crippen LogP contribution in [-0.4, -0.2) is 23.6 Å². The van der Waals surface area contributed by atoms with Gasteiger partial charge in [-0.1, -0.05) is 6.58 Å². The molecule has 0 aliphatic heterocycles. The monoisotopic (exact) mass is 184 g/mol. The molecule has 5 heteroatoms. The first kappa shape index (κ1) is 9.51. The predicted molar refractivity (Wildman–Crippen MR) is 34.2 cm³/mol. The molecule has 1 saturated carbocycles. The highest BCUT2D eigenvalue weighted by Gasteiger charge is 2.71. The average molecular weight is 184 g/mol. The van der Waals surface area contributed by atoms with Crippen molar-refractivity contribution in [2.24, 2.45) is 5.92 Å². The Bertz CT molecular complexity index is 211. The van der Waals surface area contributed by atoms with Crippen LogP contribution in [0.25, 0.3) is 0 Å². The third kappa shape index (κ3) is 1.03. The van der Waals surface area contributed by atoms with Gasteiger partial charge in [0.2, 0.25) is 0 Å². The highest BCUT2D eigenvalue weighted by molar-refractivity contribution is 5.18. The highest BCUT2D eigenvalue weighted by atomic mass is 19.3. The molecule has 0 spiro atoms. The van der Waals surface area contributed by atoms with Gasteiger partial charge in [-0.15, -0.1) is 0 Å². The van der Waals surface area contributed by atoms with E-state index >= 15 is 0 Å². The molecule has 12 heavy (non-hydrogen) atoms. The molecule has 0 heterocycles. The summed E-state index contributed by atoms with van der Waals surface area (Å²) in [5.74, 6) is -9.54. The van der Waals surface area contributed by atoms with E-state index in [1.54, 1.807) is 0 Å². The van der Waals surface area contributed by atoms with Crippen LogP contribution in [-0.2, 0) is 0 Å². The number of aliphatic hydroxyl groups excluding tert-OH is 1. The van der Waals surface area contributed by atoms with E-state index in [9.17, 15) is 17.6 Å². The van der Waals surface area contributed by atoms with Gasteiger partial charge in [-0.2, -0.15) is 17.6 Å². The van der Waals surface area contributed by atoms with Gasteiger partial charge < -0.3 is 5.11 Å². The molecule has 0 aromatic rings. The van der Waals surface area contributed by atoms with Gasteiger partial charge in [0.1, 0.15) is 0 Å². The van der Waals surface area contributed by atoms with E-state index in [0.717, 1.165) is 0 Å². The molecule has 1 N–H and O–H groups in total. The van der Waals surface area contributed by atoms with Gasteiger partial charge in [-0.3, -0.25) is 0 Å². The normalized spacial score (nSPS) is 30.9. The Balaban J connectivity index is 2.72. The van der Waals surface area contributed by atoms with E-state index in [-0.39, 0.29) is 5.57 Å². The lowest BCUT2D eigenvalue weighted by molar-refractivity contribution is -0.304. The first-order valence-electron chi connectivity index (χ1n) is 3.37. The second-order valence-corrected chi connectivity index (χ2v) is 2.90. The summed E-state index contributed by atoms with van der Waals surface area (Å²) in [6.07, 6.45) is -0.917. The minimum absolute atomic E-state index is 0.231. The number of rotatable bonds is 2. The van der Waals surface area contributed by atoms with Crippen molar-refractivity contribution in [3.8, 4) is 0 Å². The summed E-state index contributed by atoms with van der Waals surface area (Å²) < 4.78 is 49.4. The smallest absolute Gasteiger partial charge is 0.316 e. The van der Waals surface area contributed by atoms with E-state index in [0.29, 0.717) is 0 Å². The summed E-state index contributed by atoms with van der Waals surface area (Å²) in [4.78, 5) is 0. The lowest BCUT2D eigenvalue weighted by Gasteiger charge is -2.44. The fourth-order valence-corrected chi connectivity index (χ4v) is 1.16. The van der Waals surface area contributed by atoms with E-state index in [1.807, 2.05) is 0 Å². The van der Waals surface area contributed by atoms with Crippen LogP contribution in [0.15, 0.2) is 12.2 Å². The maximum absolute atomic E-state index is 12.5. The molecule has 0 aromatic heterocycles. The molecule has 1 aliphatic rings. The molecular formula is C7H8F4O. The molecule has 1 atom stereocenters. The van der Waals surface area contributed by atoms with E-state index in [2.05, 4.69) is 6.58 Å². The van der Waals surface area contributed by atoms with Crippen LogP contribution in [0.4, 0.5) is 17.6 Å². The van der Waals surface area contributed by atoms with Crippen LogP contribution in [0.5, 0.6) is 0 Å². The standard InChI is InChI=1S/C7H8F4O/c1-4(3-12)5-2-6(8,9)7(5,10)11/h5,12H,1-3H2. The van der Waals surface area contributed by atoms with Crippen LogP contribution in [0.2, 0.25) is 0 Å². The van der Waals surface area contributed by atoms with Gasteiger partial charge in [0.05, 0.1) is 12.5 Å². The molecule has 0 amide bonds. The summed E-state index contributed by atoms with van der Waals surface area (Å²) in [5.41, 5.74) is -0.231. The summed E-state index contributed by atoms with van der Waals surface area (Å²) in [7, 11) is 0. The van der Waals surface area contributed by atoms with Gasteiger partial charge in [0, 0.05) is 6.42 Å². The fraction of sp³-hybridized carbons (Fsp3) is 0.714. The molecule has 1 rings (SSSR count). The fourth-order valence-electron chi connectivity index (χ4n) is 1.16. The first-order chi connectivity index (χ1) is 5.33. The van der Waals surface area contributed by atoms with Crippen molar-refractivity contribution in [1.29, 1.82) is 0 Å². The zero-order valence-corrected chi connectivity index (χ0v) is 6.16. The lowest BCUT2D eigenvalue weighted by Crippen LogP contribution is -2.59. The van der Waals surface area contributed by atoms with Crippen molar-refractivity contribution < 1.29 is 22.7 Å². The van der Waals surface area contributed by atoms with Crippen LogP contribution in [0.3, 0.4) is 0 Å². The van der Waals surface area contributed by atoms with Gasteiger partial charge in [-0.25, -0.2) is 0 Å². The molecule has 1 unspecified atom stereocenters. The SMILES string of the molecule is C=C(CO)C1CC(F)(F)C1(F)F. The van der Waals surface area contributed by atoms with E-state index in [4.69, 9.17) is 5.11 Å². The van der Waals surface area contributed by atoms with Crippen molar-refractivity contribution >= 4 is 0 Å². The Kier molecular flexibility index (Phi) is 1.94. The average Bonchev–Trinajstić information content (AvgIpc) is 1.99. The molecule has 70 valence electrons. The van der Waals surface area contributed by atoms with E-state index < -0.39 is 30.8 Å². The van der Waals surface area contributed by atoms with Gasteiger partial charge in [-0.05, 0) is 5.57 Å². The maximum Gasteiger partial charge on any atom is 0.316 e. The molecule has 1 fully saturated rings. The Labute approximate surface area is 66.7 Å². The second kappa shape index (κ2) is 2.45. The van der Waals surface area contributed by atoms with Crippen molar-refractivity contribution in [3.63, 3.8) is 0 Å². The number of halogens is 4. The molecule has 1 nitrogen and oxygen atoms in total. The number of alkyl halides is 4. The summed E-state index contributed by atoms with van der Waals surface area (Å²) in [5, 5.41) is 8.39. The number of hydrogen-bond acceptors (Lipinski definition) is 1. The first-order valence-corrected chi connectivity index (χ1v) is 3.37. The molecule has 0 bridgehead atoms. The van der Waals surface area contributed by atoms with Crippen molar-refractivity contribution in [1.82, 2.24) is 0 Å². The minimum Gasteiger partial charge on any atom is -0.392 e. The molecule has 0 saturated heterocycles. The molecular weight excluding hydrogens is 176 g/mol. The number of hydrogen-bond donors (Lipinski definition) is 1. The Morgan fingerprint density at radius 2 is 1.92 bits per heavy atom. The second-order valence-electron chi connectivity index (χ2n) is 2.90. The minimum atomic E-state index is -4.03. The predicted octanol–water partition coefficient (Wildman–Crippen LogP) is 1.83. The lowest BCUT2D eigenvalue weighted by atomic mass is 9.73. The van der Waals surface area contributed by atoms with Crippen LogP contribution in [0.1, 0.15) is 6.42 Å². The van der Waals surface area contributed by atoms with Crippen LogP contribution in [0, 0.1) is 5.92 Å². The van der Waals surface area contributed by atoms with Gasteiger partial charge in [0.15, 0.2) is 0 Å². The highest BCUT2D eigenvalue weighted by Crippen LogP contribution is 2.57. The largest absolute Gasteiger partial charge is 0.392 e. The Morgan fingerprint density at radius 3 is 2.17 bits per heavy atom. The Hall–Kier alpha value is -0.580. The Morgan fingerprint density at radius 1 is 1.42 bits per heavy atom. The van der Waals surface area contributed by atoms with Crippen molar-refractivity contribution in [2.45, 2.75) is 18.3 Å². The zero-order valence-electron chi connectivity index (χ0n) is 6.16. The third-order valence-corrected chi connectivity index (χ3v) is 2.08. The summed E-state index contributed by atoms with van der Waals surface area (Å²) >= 11 is 0. The summed E-state index contributed by atoms with van der Waals surface area (Å²) in [6.45, 7) is 2.42. The molecule has 0 aromatic carbocycles. The van der Waals surface area contributed by atoms with Gasteiger partial charge in [0.25, 0.3) is 0 Å². The van der Waals surface area contributed by atoms with Crippen LogP contribution < -0.4 is 0 Å². The third-order valence-electron chi connectivity index (χ3n) is 2.08.